The fourth-order valence-corrected chi connectivity index (χ4v) is 2.14. The largest absolute Gasteiger partial charge is 0.317 e. The summed E-state index contributed by atoms with van der Waals surface area (Å²) in [6.07, 6.45) is 3.37. The molecule has 0 saturated carbocycles. The number of imidazole rings is 1. The molecule has 1 aliphatic heterocycles. The molecule has 0 radical (unpaired) electrons. The summed E-state index contributed by atoms with van der Waals surface area (Å²) in [6, 6.07) is 0. The molecule has 0 bridgehead atoms. The summed E-state index contributed by atoms with van der Waals surface area (Å²) in [4.78, 5) is 12.3. The SMILES string of the molecule is c1nc2c3c(n1)ncn3CS2. The number of thioether (sulfide) groups is 1. The molecule has 3 rings (SSSR count). The Bertz CT molecular complexity index is 421. The average Bonchev–Trinajstić information content (AvgIpc) is 2.60. The van der Waals surface area contributed by atoms with E-state index in [1.807, 2.05) is 6.33 Å². The molecule has 4 nitrogen and oxygen atoms in total. The second-order valence-electron chi connectivity index (χ2n) is 2.34. The van der Waals surface area contributed by atoms with Crippen molar-refractivity contribution >= 4 is 22.9 Å². The van der Waals surface area contributed by atoms with E-state index in [1.165, 1.54) is 0 Å². The first-order chi connectivity index (χ1) is 5.45. The van der Waals surface area contributed by atoms with Gasteiger partial charge in [-0.25, -0.2) is 15.0 Å². The van der Waals surface area contributed by atoms with E-state index in [-0.39, 0.29) is 0 Å². The van der Waals surface area contributed by atoms with Gasteiger partial charge in [-0.2, -0.15) is 0 Å². The van der Waals surface area contributed by atoms with E-state index in [0.29, 0.717) is 0 Å². The van der Waals surface area contributed by atoms with E-state index in [1.54, 1.807) is 18.1 Å². The van der Waals surface area contributed by atoms with Gasteiger partial charge in [0.1, 0.15) is 16.9 Å². The minimum Gasteiger partial charge on any atom is -0.317 e. The minimum absolute atomic E-state index is 0.806. The van der Waals surface area contributed by atoms with Crippen LogP contribution in [0.4, 0.5) is 0 Å². The van der Waals surface area contributed by atoms with Crippen molar-refractivity contribution in [1.29, 1.82) is 0 Å². The molecular formula is C6H4N4S. The molecule has 5 heteroatoms. The zero-order chi connectivity index (χ0) is 7.26. The molecule has 0 unspecified atom stereocenters. The van der Waals surface area contributed by atoms with Crippen LogP contribution in [0.5, 0.6) is 0 Å². The first kappa shape index (κ1) is 5.54. The molecule has 2 aromatic rings. The molecule has 11 heavy (non-hydrogen) atoms. The highest BCUT2D eigenvalue weighted by Gasteiger charge is 2.16. The summed E-state index contributed by atoms with van der Waals surface area (Å²) in [6.45, 7) is 0. The van der Waals surface area contributed by atoms with E-state index in [4.69, 9.17) is 0 Å². The molecule has 0 saturated heterocycles. The van der Waals surface area contributed by atoms with Gasteiger partial charge in [-0.3, -0.25) is 0 Å². The van der Waals surface area contributed by atoms with Gasteiger partial charge in [0.2, 0.25) is 0 Å². The first-order valence-electron chi connectivity index (χ1n) is 3.24. The Morgan fingerprint density at radius 2 is 2.36 bits per heavy atom. The molecule has 0 aliphatic carbocycles. The lowest BCUT2D eigenvalue weighted by Gasteiger charge is -1.87. The zero-order valence-corrected chi connectivity index (χ0v) is 6.38. The van der Waals surface area contributed by atoms with Crippen molar-refractivity contribution in [1.82, 2.24) is 19.5 Å². The maximum absolute atomic E-state index is 4.14. The molecule has 0 fully saturated rings. The molecule has 0 N–H and O–H groups in total. The average molecular weight is 164 g/mol. The van der Waals surface area contributed by atoms with Crippen LogP contribution in [-0.4, -0.2) is 19.5 Å². The van der Waals surface area contributed by atoms with Crippen molar-refractivity contribution in [2.45, 2.75) is 10.9 Å². The normalized spacial score (nSPS) is 14.5. The monoisotopic (exact) mass is 164 g/mol. The van der Waals surface area contributed by atoms with Gasteiger partial charge in [-0.1, -0.05) is 11.8 Å². The van der Waals surface area contributed by atoms with Gasteiger partial charge < -0.3 is 4.57 Å². The van der Waals surface area contributed by atoms with Crippen molar-refractivity contribution in [2.24, 2.45) is 0 Å². The van der Waals surface area contributed by atoms with Crippen LogP contribution < -0.4 is 0 Å². The Labute approximate surface area is 66.7 Å². The highest BCUT2D eigenvalue weighted by molar-refractivity contribution is 7.98. The van der Waals surface area contributed by atoms with Gasteiger partial charge in [-0.05, 0) is 0 Å². The quantitative estimate of drug-likeness (QED) is 0.542. The van der Waals surface area contributed by atoms with Gasteiger partial charge in [0, 0.05) is 0 Å². The molecule has 0 amide bonds. The van der Waals surface area contributed by atoms with Crippen LogP contribution >= 0.6 is 11.8 Å². The smallest absolute Gasteiger partial charge is 0.181 e. The van der Waals surface area contributed by atoms with E-state index >= 15 is 0 Å². The van der Waals surface area contributed by atoms with Crippen LogP contribution in [0.3, 0.4) is 0 Å². The van der Waals surface area contributed by atoms with Crippen molar-refractivity contribution in [2.75, 3.05) is 0 Å². The molecule has 3 heterocycles. The number of hydrogen-bond acceptors (Lipinski definition) is 4. The fourth-order valence-electron chi connectivity index (χ4n) is 1.22. The van der Waals surface area contributed by atoms with Gasteiger partial charge in [0.25, 0.3) is 0 Å². The summed E-state index contributed by atoms with van der Waals surface area (Å²) in [5.41, 5.74) is 1.89. The van der Waals surface area contributed by atoms with E-state index in [2.05, 4.69) is 19.5 Å². The maximum Gasteiger partial charge on any atom is 0.181 e. The van der Waals surface area contributed by atoms with Crippen LogP contribution in [0.2, 0.25) is 0 Å². The van der Waals surface area contributed by atoms with Crippen LogP contribution in [0, 0.1) is 0 Å². The van der Waals surface area contributed by atoms with Crippen molar-refractivity contribution in [3.63, 3.8) is 0 Å². The molecular weight excluding hydrogens is 160 g/mol. The van der Waals surface area contributed by atoms with Gasteiger partial charge in [0.15, 0.2) is 5.65 Å². The molecule has 0 spiro atoms. The number of rotatable bonds is 0. The lowest BCUT2D eigenvalue weighted by molar-refractivity contribution is 0.932. The lowest BCUT2D eigenvalue weighted by atomic mass is 10.5. The van der Waals surface area contributed by atoms with E-state index in [0.717, 1.165) is 22.1 Å². The van der Waals surface area contributed by atoms with Gasteiger partial charge in [-0.15, -0.1) is 0 Å². The predicted octanol–water partition coefficient (Wildman–Crippen LogP) is 0.889. The summed E-state index contributed by atoms with van der Waals surface area (Å²) in [5, 5.41) is 1.05. The van der Waals surface area contributed by atoms with E-state index < -0.39 is 0 Å². The van der Waals surface area contributed by atoms with Crippen LogP contribution in [0.15, 0.2) is 17.7 Å². The zero-order valence-electron chi connectivity index (χ0n) is 5.56. The Hall–Kier alpha value is -1.10. The number of nitrogens with zero attached hydrogens (tertiary/aromatic N) is 4. The molecule has 54 valence electrons. The predicted molar refractivity (Wildman–Crippen MR) is 41.2 cm³/mol. The summed E-state index contributed by atoms with van der Waals surface area (Å²) < 4.78 is 2.06. The molecule has 0 atom stereocenters. The van der Waals surface area contributed by atoms with Crippen molar-refractivity contribution < 1.29 is 0 Å². The Balaban J connectivity index is 2.61. The lowest BCUT2D eigenvalue weighted by Crippen LogP contribution is -1.83. The van der Waals surface area contributed by atoms with Crippen LogP contribution in [0.1, 0.15) is 0 Å². The van der Waals surface area contributed by atoms with Crippen LogP contribution in [0.25, 0.3) is 11.2 Å². The van der Waals surface area contributed by atoms with E-state index in [9.17, 15) is 0 Å². The number of hydrogen-bond donors (Lipinski definition) is 0. The van der Waals surface area contributed by atoms with Gasteiger partial charge >= 0.3 is 0 Å². The third kappa shape index (κ3) is 0.586. The first-order valence-corrected chi connectivity index (χ1v) is 4.22. The van der Waals surface area contributed by atoms with Crippen molar-refractivity contribution in [3.05, 3.63) is 12.7 Å². The highest BCUT2D eigenvalue weighted by atomic mass is 32.2. The third-order valence-electron chi connectivity index (χ3n) is 1.72. The Kier molecular flexibility index (Phi) is 0.873. The second-order valence-corrected chi connectivity index (χ2v) is 3.27. The minimum atomic E-state index is 0.806. The number of aromatic nitrogens is 4. The summed E-state index contributed by atoms with van der Waals surface area (Å²) >= 11 is 1.72. The molecule has 2 aromatic heterocycles. The summed E-state index contributed by atoms with van der Waals surface area (Å²) in [5.74, 6) is 0.921. The van der Waals surface area contributed by atoms with Crippen LogP contribution in [-0.2, 0) is 5.88 Å². The summed E-state index contributed by atoms with van der Waals surface area (Å²) in [7, 11) is 0. The maximum atomic E-state index is 4.14. The third-order valence-corrected chi connectivity index (χ3v) is 2.70. The fraction of sp³-hybridized carbons (Fsp3) is 0.167. The highest BCUT2D eigenvalue weighted by Crippen LogP contribution is 2.31. The Morgan fingerprint density at radius 3 is 3.36 bits per heavy atom. The standard InChI is InChI=1S/C6H4N4S/c1-7-5-4-6(8-1)11-3-10(4)2-9-5/h1-2H,3H2. The second kappa shape index (κ2) is 1.73. The topological polar surface area (TPSA) is 43.6 Å². The van der Waals surface area contributed by atoms with Gasteiger partial charge in [0.05, 0.1) is 12.2 Å². The molecule has 1 aliphatic rings. The molecule has 0 aromatic carbocycles. The Morgan fingerprint density at radius 1 is 1.36 bits per heavy atom. The van der Waals surface area contributed by atoms with Crippen molar-refractivity contribution in [3.8, 4) is 0 Å².